The third-order valence-corrected chi connectivity index (χ3v) is 1.79. The van der Waals surface area contributed by atoms with Gasteiger partial charge in [-0.2, -0.15) is 21.0 Å². The van der Waals surface area contributed by atoms with Gasteiger partial charge in [0.1, 0.15) is 11.8 Å². The summed E-state index contributed by atoms with van der Waals surface area (Å²) in [7, 11) is 0. The summed E-state index contributed by atoms with van der Waals surface area (Å²) in [6, 6.07) is 7.32. The van der Waals surface area contributed by atoms with E-state index in [1.807, 2.05) is 26.0 Å². The van der Waals surface area contributed by atoms with Crippen LogP contribution in [0.3, 0.4) is 0 Å². The lowest BCUT2D eigenvalue weighted by Crippen LogP contribution is -2.12. The molecule has 0 aliphatic carbocycles. The molecule has 0 fully saturated rings. The predicted molar refractivity (Wildman–Crippen MR) is 50.1 cm³/mol. The van der Waals surface area contributed by atoms with Crippen LogP contribution in [0.4, 0.5) is 0 Å². The van der Waals surface area contributed by atoms with E-state index in [1.54, 1.807) is 12.1 Å². The maximum atomic E-state index is 8.50. The van der Waals surface area contributed by atoms with Crippen molar-refractivity contribution in [2.75, 3.05) is 0 Å². The summed E-state index contributed by atoms with van der Waals surface area (Å²) < 4.78 is 0. The monoisotopic (exact) mass is 188 g/mol. The van der Waals surface area contributed by atoms with E-state index >= 15 is 0 Å². The fraction of sp³-hybridized carbons (Fsp3) is 0.600. The number of nitriles is 4. The van der Waals surface area contributed by atoms with Gasteiger partial charge in [-0.05, 0) is 12.8 Å². The van der Waals surface area contributed by atoms with Gasteiger partial charge >= 0.3 is 0 Å². The van der Waals surface area contributed by atoms with Crippen molar-refractivity contribution in [3.05, 3.63) is 0 Å². The van der Waals surface area contributed by atoms with Crippen LogP contribution in [0.25, 0.3) is 0 Å². The molecule has 4 nitrogen and oxygen atoms in total. The molecule has 0 aromatic heterocycles. The molecule has 72 valence electrons. The second-order valence-electron chi connectivity index (χ2n) is 2.51. The van der Waals surface area contributed by atoms with Crippen molar-refractivity contribution in [3.63, 3.8) is 0 Å². The predicted octanol–water partition coefficient (Wildman–Crippen LogP) is 2.26. The van der Waals surface area contributed by atoms with Gasteiger partial charge in [-0.1, -0.05) is 13.8 Å². The molecule has 14 heavy (non-hydrogen) atoms. The molecule has 0 unspecified atom stereocenters. The lowest BCUT2D eigenvalue weighted by Gasteiger charge is -2.10. The molecule has 0 aliphatic heterocycles. The maximum absolute atomic E-state index is 8.50. The minimum atomic E-state index is -0.722. The summed E-state index contributed by atoms with van der Waals surface area (Å²) in [5.74, 6) is 0. The zero-order valence-electron chi connectivity index (χ0n) is 8.41. The highest BCUT2D eigenvalue weighted by Crippen LogP contribution is 2.22. The number of rotatable bonds is 2. The second-order valence-corrected chi connectivity index (χ2v) is 2.51. The highest BCUT2D eigenvalue weighted by Gasteiger charge is 2.24. The standard InChI is InChI=1S/C7H10N2.C3H2N2/c1-3-7(4-2,5-8)6-9;4-2-1-3-5/h3-4H2,1-2H3;1H2. The molecule has 0 N–H and O–H groups in total. The van der Waals surface area contributed by atoms with E-state index in [2.05, 4.69) is 0 Å². The zero-order chi connectivity index (χ0) is 11.4. The van der Waals surface area contributed by atoms with Gasteiger partial charge in [0.05, 0.1) is 24.3 Å². The molecule has 0 amide bonds. The molecule has 4 heteroatoms. The maximum Gasteiger partial charge on any atom is 0.143 e. The van der Waals surface area contributed by atoms with Gasteiger partial charge in [0, 0.05) is 0 Å². The molecule has 0 atom stereocenters. The molecule has 0 aromatic rings. The average Bonchev–Trinajstić information content (AvgIpc) is 2.24. The largest absolute Gasteiger partial charge is 0.197 e. The zero-order valence-corrected chi connectivity index (χ0v) is 8.41. The molecule has 0 rings (SSSR count). The summed E-state index contributed by atoms with van der Waals surface area (Å²) in [6.07, 6.45) is 1.24. The quantitative estimate of drug-likeness (QED) is 0.663. The SMILES string of the molecule is CCC(C#N)(C#N)CC.N#CCC#N. The second kappa shape index (κ2) is 9.05. The summed E-state index contributed by atoms with van der Waals surface area (Å²) in [5, 5.41) is 32.2. The van der Waals surface area contributed by atoms with Crippen LogP contribution in [0.15, 0.2) is 0 Å². The minimum absolute atomic E-state index is 0. The van der Waals surface area contributed by atoms with Crippen molar-refractivity contribution in [2.45, 2.75) is 33.1 Å². The highest BCUT2D eigenvalue weighted by molar-refractivity contribution is 5.11. The van der Waals surface area contributed by atoms with Crippen molar-refractivity contribution in [1.82, 2.24) is 0 Å². The lowest BCUT2D eigenvalue weighted by atomic mass is 9.86. The first kappa shape index (κ1) is 14.5. The smallest absolute Gasteiger partial charge is 0.143 e. The Labute approximate surface area is 84.6 Å². The molecule has 0 bridgehead atoms. The van der Waals surface area contributed by atoms with E-state index in [-0.39, 0.29) is 6.42 Å². The van der Waals surface area contributed by atoms with Crippen LogP contribution in [-0.2, 0) is 0 Å². The third kappa shape index (κ3) is 5.59. The Hall–Kier alpha value is -2.04. The minimum Gasteiger partial charge on any atom is -0.197 e. The molecule has 0 spiro atoms. The normalized spacial score (nSPS) is 7.86. The lowest BCUT2D eigenvalue weighted by molar-refractivity contribution is 0.484. The first-order chi connectivity index (χ1) is 6.66. The Kier molecular flexibility index (Phi) is 9.36. The van der Waals surface area contributed by atoms with Crippen molar-refractivity contribution >= 4 is 0 Å². The molecule has 0 saturated carbocycles. The van der Waals surface area contributed by atoms with E-state index < -0.39 is 5.41 Å². The van der Waals surface area contributed by atoms with Gasteiger partial charge in [-0.3, -0.25) is 0 Å². The van der Waals surface area contributed by atoms with E-state index in [9.17, 15) is 0 Å². The molecule has 0 radical (unpaired) electrons. The summed E-state index contributed by atoms with van der Waals surface area (Å²) in [5.41, 5.74) is -0.722. The fourth-order valence-electron chi connectivity index (χ4n) is 0.627. The Morgan fingerprint density at radius 2 is 1.21 bits per heavy atom. The van der Waals surface area contributed by atoms with Crippen LogP contribution in [-0.4, -0.2) is 0 Å². The van der Waals surface area contributed by atoms with Gasteiger partial charge in [-0.15, -0.1) is 0 Å². The van der Waals surface area contributed by atoms with Crippen molar-refractivity contribution in [2.24, 2.45) is 5.41 Å². The van der Waals surface area contributed by atoms with Crippen LogP contribution in [0, 0.1) is 50.7 Å². The first-order valence-corrected chi connectivity index (χ1v) is 4.22. The Morgan fingerprint density at radius 3 is 1.21 bits per heavy atom. The summed E-state index contributed by atoms with van der Waals surface area (Å²) in [6.45, 7) is 3.71. The molecule has 0 saturated heterocycles. The van der Waals surface area contributed by atoms with Gasteiger partial charge in [0.15, 0.2) is 0 Å². The van der Waals surface area contributed by atoms with Gasteiger partial charge in [0.25, 0.3) is 0 Å². The van der Waals surface area contributed by atoms with Crippen molar-refractivity contribution in [1.29, 1.82) is 21.0 Å². The topological polar surface area (TPSA) is 95.2 Å². The Bertz CT molecular complexity index is 273. The average molecular weight is 188 g/mol. The van der Waals surface area contributed by atoms with E-state index in [4.69, 9.17) is 21.0 Å². The van der Waals surface area contributed by atoms with Crippen LogP contribution in [0.2, 0.25) is 0 Å². The molecular weight excluding hydrogens is 176 g/mol. The summed E-state index contributed by atoms with van der Waals surface area (Å²) in [4.78, 5) is 0. The molecule has 0 aliphatic rings. The third-order valence-electron chi connectivity index (χ3n) is 1.79. The van der Waals surface area contributed by atoms with Crippen LogP contribution in [0.5, 0.6) is 0 Å². The number of nitrogens with zero attached hydrogens (tertiary/aromatic N) is 4. The first-order valence-electron chi connectivity index (χ1n) is 4.22. The van der Waals surface area contributed by atoms with E-state index in [0.717, 1.165) is 0 Å². The highest BCUT2D eigenvalue weighted by atomic mass is 14.4. The van der Waals surface area contributed by atoms with Crippen molar-refractivity contribution in [3.8, 4) is 24.3 Å². The fourth-order valence-corrected chi connectivity index (χ4v) is 0.627. The van der Waals surface area contributed by atoms with Crippen LogP contribution < -0.4 is 0 Å². The Morgan fingerprint density at radius 1 is 0.857 bits per heavy atom. The van der Waals surface area contributed by atoms with E-state index in [1.165, 1.54) is 0 Å². The Balaban J connectivity index is 0. The van der Waals surface area contributed by atoms with Gasteiger partial charge in [0.2, 0.25) is 0 Å². The molecule has 0 aromatic carbocycles. The number of hydrogen-bond donors (Lipinski definition) is 0. The van der Waals surface area contributed by atoms with E-state index in [0.29, 0.717) is 12.8 Å². The van der Waals surface area contributed by atoms with Crippen LogP contribution >= 0.6 is 0 Å². The van der Waals surface area contributed by atoms with Gasteiger partial charge < -0.3 is 0 Å². The summed E-state index contributed by atoms with van der Waals surface area (Å²) >= 11 is 0. The van der Waals surface area contributed by atoms with Gasteiger partial charge in [-0.25, -0.2) is 0 Å². The van der Waals surface area contributed by atoms with Crippen LogP contribution in [0.1, 0.15) is 33.1 Å². The molecular formula is C10H12N4. The molecule has 0 heterocycles. The van der Waals surface area contributed by atoms with Crippen molar-refractivity contribution < 1.29 is 0 Å². The number of hydrogen-bond acceptors (Lipinski definition) is 4.